The van der Waals surface area contributed by atoms with Gasteiger partial charge in [0.05, 0.1) is 12.3 Å². The summed E-state index contributed by atoms with van der Waals surface area (Å²) in [6.45, 7) is 9.93. The SMILES string of the molecule is CC(=N)N1C(=N)[C@H](CNC(=O)CN2CCN(C)CC2)N=C(c2ccc(Cl)cc2)c2c1sc(C)c2C. The van der Waals surface area contributed by atoms with Crippen molar-refractivity contribution in [1.82, 2.24) is 15.1 Å². The first-order chi connectivity index (χ1) is 16.7. The minimum atomic E-state index is -0.628. The van der Waals surface area contributed by atoms with E-state index in [-0.39, 0.29) is 24.1 Å². The van der Waals surface area contributed by atoms with E-state index in [1.807, 2.05) is 31.2 Å². The zero-order valence-corrected chi connectivity index (χ0v) is 22.2. The van der Waals surface area contributed by atoms with Crippen molar-refractivity contribution in [3.63, 3.8) is 0 Å². The molecule has 0 unspecified atom stereocenters. The van der Waals surface area contributed by atoms with Crippen molar-refractivity contribution >= 4 is 51.2 Å². The molecule has 2 aliphatic rings. The van der Waals surface area contributed by atoms with Crippen LogP contribution in [-0.4, -0.2) is 85.4 Å². The number of aliphatic imine (C=N–C) groups is 1. The maximum absolute atomic E-state index is 12.7. The van der Waals surface area contributed by atoms with Crippen LogP contribution in [0.3, 0.4) is 0 Å². The Labute approximate surface area is 215 Å². The Morgan fingerprint density at radius 2 is 1.86 bits per heavy atom. The standard InChI is InChI=1S/C25H32ClN7OS/c1-15-16(2)35-25-22(15)23(18-5-7-19(26)8-6-18)30-20(24(28)33(25)17(3)27)13-29-21(34)14-32-11-9-31(4)10-12-32/h5-8,20,27-28H,9-14H2,1-4H3,(H,29,34)/t20-/m0/s1. The van der Waals surface area contributed by atoms with Gasteiger partial charge in [-0.2, -0.15) is 0 Å². The van der Waals surface area contributed by atoms with Crippen LogP contribution >= 0.6 is 22.9 Å². The van der Waals surface area contributed by atoms with Gasteiger partial charge in [-0.25, -0.2) is 0 Å². The lowest BCUT2D eigenvalue weighted by atomic mass is 10.00. The maximum atomic E-state index is 12.7. The van der Waals surface area contributed by atoms with Gasteiger partial charge in [0.15, 0.2) is 0 Å². The fourth-order valence-corrected chi connectivity index (χ4v) is 5.71. The first kappa shape index (κ1) is 25.5. The zero-order valence-electron chi connectivity index (χ0n) is 20.6. The smallest absolute Gasteiger partial charge is 0.234 e. The minimum absolute atomic E-state index is 0.0743. The number of nitrogens with zero attached hydrogens (tertiary/aromatic N) is 4. The van der Waals surface area contributed by atoms with Crippen LogP contribution in [-0.2, 0) is 4.79 Å². The van der Waals surface area contributed by atoms with Crippen LogP contribution in [0, 0.1) is 24.7 Å². The number of anilines is 1. The van der Waals surface area contributed by atoms with Gasteiger partial charge >= 0.3 is 0 Å². The summed E-state index contributed by atoms with van der Waals surface area (Å²) in [7, 11) is 2.09. The summed E-state index contributed by atoms with van der Waals surface area (Å²) in [5.41, 5.74) is 3.66. The van der Waals surface area contributed by atoms with Gasteiger partial charge < -0.3 is 10.2 Å². The summed E-state index contributed by atoms with van der Waals surface area (Å²) in [6.07, 6.45) is 0. The Bertz CT molecular complexity index is 1170. The Hall–Kier alpha value is -2.59. The van der Waals surface area contributed by atoms with Gasteiger partial charge in [-0.05, 0) is 45.5 Å². The molecule has 0 spiro atoms. The van der Waals surface area contributed by atoms with Gasteiger partial charge in [-0.15, -0.1) is 11.3 Å². The van der Waals surface area contributed by atoms with Crippen molar-refractivity contribution in [2.24, 2.45) is 4.99 Å². The number of carbonyl (C=O) groups is 1. The fraction of sp³-hybridized carbons (Fsp3) is 0.440. The molecule has 4 rings (SSSR count). The van der Waals surface area contributed by atoms with E-state index in [4.69, 9.17) is 27.4 Å². The summed E-state index contributed by atoms with van der Waals surface area (Å²) in [4.78, 5) is 24.9. The third-order valence-electron chi connectivity index (χ3n) is 6.56. The molecule has 1 fully saturated rings. The lowest BCUT2D eigenvalue weighted by molar-refractivity contribution is -0.122. The number of likely N-dealkylation sites (N-methyl/N-ethyl adjacent to an activating group) is 1. The van der Waals surface area contributed by atoms with Crippen LogP contribution in [0.25, 0.3) is 0 Å². The van der Waals surface area contributed by atoms with Gasteiger partial charge in [0.25, 0.3) is 0 Å². The molecule has 1 amide bonds. The number of carbonyl (C=O) groups excluding carboxylic acids is 1. The quantitative estimate of drug-likeness (QED) is 0.421. The number of amides is 1. The summed E-state index contributed by atoms with van der Waals surface area (Å²) in [5.74, 6) is 0.359. The summed E-state index contributed by atoms with van der Waals surface area (Å²) in [5, 5.41) is 21.9. The Morgan fingerprint density at radius 3 is 2.49 bits per heavy atom. The van der Waals surface area contributed by atoms with E-state index in [2.05, 4.69) is 29.1 Å². The summed E-state index contributed by atoms with van der Waals surface area (Å²) >= 11 is 7.71. The van der Waals surface area contributed by atoms with Crippen LogP contribution in [0.5, 0.6) is 0 Å². The minimum Gasteiger partial charge on any atom is -0.352 e. The number of hydrogen-bond donors (Lipinski definition) is 3. The number of hydrogen-bond acceptors (Lipinski definition) is 7. The average molecular weight is 514 g/mol. The maximum Gasteiger partial charge on any atom is 0.234 e. The van der Waals surface area contributed by atoms with Gasteiger partial charge in [-0.3, -0.25) is 30.4 Å². The van der Waals surface area contributed by atoms with Crippen LogP contribution < -0.4 is 10.2 Å². The molecule has 3 heterocycles. The molecule has 10 heteroatoms. The van der Waals surface area contributed by atoms with Gasteiger partial charge in [0.1, 0.15) is 22.7 Å². The summed E-state index contributed by atoms with van der Waals surface area (Å²) < 4.78 is 0. The van der Waals surface area contributed by atoms with Crippen molar-refractivity contribution in [2.75, 3.05) is 51.2 Å². The number of fused-ring (bicyclic) bond motifs is 1. The molecule has 0 aliphatic carbocycles. The molecule has 0 bridgehead atoms. The molecule has 8 nitrogen and oxygen atoms in total. The highest BCUT2D eigenvalue weighted by Crippen LogP contribution is 2.39. The van der Waals surface area contributed by atoms with Crippen molar-refractivity contribution in [3.05, 3.63) is 50.9 Å². The van der Waals surface area contributed by atoms with E-state index in [1.165, 1.54) is 0 Å². The molecule has 1 aromatic carbocycles. The number of aryl methyl sites for hydroxylation is 1. The molecule has 3 N–H and O–H groups in total. The number of thiophene rings is 1. The van der Waals surface area contributed by atoms with E-state index < -0.39 is 6.04 Å². The lowest BCUT2D eigenvalue weighted by Crippen LogP contribution is -2.50. The van der Waals surface area contributed by atoms with E-state index >= 15 is 0 Å². The fourth-order valence-electron chi connectivity index (χ4n) is 4.36. The van der Waals surface area contributed by atoms with Crippen molar-refractivity contribution < 1.29 is 4.79 Å². The monoisotopic (exact) mass is 513 g/mol. The van der Waals surface area contributed by atoms with Crippen LogP contribution in [0.4, 0.5) is 5.00 Å². The van der Waals surface area contributed by atoms with E-state index in [9.17, 15) is 4.79 Å². The highest BCUT2D eigenvalue weighted by Gasteiger charge is 2.34. The van der Waals surface area contributed by atoms with Crippen molar-refractivity contribution in [1.29, 1.82) is 10.8 Å². The van der Waals surface area contributed by atoms with E-state index in [1.54, 1.807) is 23.2 Å². The molecule has 1 atom stereocenters. The van der Waals surface area contributed by atoms with Gasteiger partial charge in [0.2, 0.25) is 5.91 Å². The Balaban J connectivity index is 1.65. The highest BCUT2D eigenvalue weighted by atomic mass is 35.5. The molecule has 0 radical (unpaired) electrons. The third kappa shape index (κ3) is 5.48. The molecular weight excluding hydrogens is 482 g/mol. The Morgan fingerprint density at radius 1 is 1.20 bits per heavy atom. The van der Waals surface area contributed by atoms with E-state index in [0.29, 0.717) is 11.6 Å². The number of benzene rings is 1. The number of piperazine rings is 1. The van der Waals surface area contributed by atoms with Crippen LogP contribution in [0.1, 0.15) is 28.5 Å². The number of rotatable bonds is 5. The van der Waals surface area contributed by atoms with Gasteiger partial charge in [0, 0.05) is 53.8 Å². The molecule has 2 aliphatic heterocycles. The highest BCUT2D eigenvalue weighted by molar-refractivity contribution is 7.17. The first-order valence-electron chi connectivity index (χ1n) is 11.7. The molecule has 35 heavy (non-hydrogen) atoms. The second-order valence-corrected chi connectivity index (χ2v) is 10.8. The normalized spacial score (nSPS) is 19.2. The predicted octanol–water partition coefficient (Wildman–Crippen LogP) is 3.38. The topological polar surface area (TPSA) is 98.9 Å². The molecule has 186 valence electrons. The van der Waals surface area contributed by atoms with Crippen molar-refractivity contribution in [2.45, 2.75) is 26.8 Å². The number of amidine groups is 2. The molecular formula is C25H32ClN7OS. The van der Waals surface area contributed by atoms with Crippen LogP contribution in [0.15, 0.2) is 29.3 Å². The van der Waals surface area contributed by atoms with Crippen molar-refractivity contribution in [3.8, 4) is 0 Å². The lowest BCUT2D eigenvalue weighted by Gasteiger charge is -2.31. The van der Waals surface area contributed by atoms with E-state index in [0.717, 1.165) is 58.5 Å². The molecule has 1 saturated heterocycles. The summed E-state index contributed by atoms with van der Waals surface area (Å²) in [6, 6.07) is 6.89. The van der Waals surface area contributed by atoms with Gasteiger partial charge in [-0.1, -0.05) is 23.7 Å². The zero-order chi connectivity index (χ0) is 25.3. The number of nitrogens with one attached hydrogen (secondary N) is 3. The van der Waals surface area contributed by atoms with Crippen LogP contribution in [0.2, 0.25) is 5.02 Å². The third-order valence-corrected chi connectivity index (χ3v) is 8.00. The molecule has 0 saturated carbocycles. The average Bonchev–Trinajstić information content (AvgIpc) is 3.02. The second-order valence-electron chi connectivity index (χ2n) is 9.15. The second kappa shape index (κ2) is 10.6. The molecule has 1 aromatic heterocycles. The predicted molar refractivity (Wildman–Crippen MR) is 145 cm³/mol. The largest absolute Gasteiger partial charge is 0.352 e. The Kier molecular flexibility index (Phi) is 7.70. The first-order valence-corrected chi connectivity index (χ1v) is 12.9. The number of halogens is 1. The molecule has 2 aromatic rings.